The standard InChI is InChI=1S/C25H27FN8O2/c1-14(2)34-15(3)29-23-19(34)11-18(30-24(23)36-4)22-17(26)13-28-25(32-22)31-20-9-8-16(12-27-20)33-10-6-5-7-21(33)35/h8-9,11-14H,5-7,10H2,1-4H3,(H,27,28,31,32). The van der Waals surface area contributed by atoms with Gasteiger partial charge in [0.2, 0.25) is 17.7 Å². The van der Waals surface area contributed by atoms with Crippen LogP contribution in [0.1, 0.15) is 45.0 Å². The molecule has 10 nitrogen and oxygen atoms in total. The molecule has 4 aromatic heterocycles. The van der Waals surface area contributed by atoms with Crippen molar-refractivity contribution in [3.63, 3.8) is 0 Å². The van der Waals surface area contributed by atoms with Gasteiger partial charge in [-0.1, -0.05) is 0 Å². The fraction of sp³-hybridized carbons (Fsp3) is 0.360. The first-order chi connectivity index (χ1) is 17.4. The van der Waals surface area contributed by atoms with Gasteiger partial charge in [0.25, 0.3) is 0 Å². The summed E-state index contributed by atoms with van der Waals surface area (Å²) >= 11 is 0. The number of pyridine rings is 2. The van der Waals surface area contributed by atoms with Gasteiger partial charge in [-0.05, 0) is 51.8 Å². The van der Waals surface area contributed by atoms with E-state index in [-0.39, 0.29) is 23.6 Å². The molecule has 1 saturated heterocycles. The molecular formula is C25H27FN8O2. The number of hydrogen-bond acceptors (Lipinski definition) is 8. The third kappa shape index (κ3) is 4.32. The van der Waals surface area contributed by atoms with E-state index in [1.807, 2.05) is 31.4 Å². The van der Waals surface area contributed by atoms with Gasteiger partial charge in [0.05, 0.1) is 36.4 Å². The third-order valence-electron chi connectivity index (χ3n) is 6.14. The van der Waals surface area contributed by atoms with Crippen LogP contribution in [0.15, 0.2) is 30.6 Å². The van der Waals surface area contributed by atoms with E-state index in [4.69, 9.17) is 4.74 Å². The molecule has 1 amide bonds. The largest absolute Gasteiger partial charge is 0.479 e. The quantitative estimate of drug-likeness (QED) is 0.418. The molecule has 4 aromatic rings. The van der Waals surface area contributed by atoms with Gasteiger partial charge in [-0.15, -0.1) is 0 Å². The van der Waals surface area contributed by atoms with E-state index >= 15 is 0 Å². The summed E-state index contributed by atoms with van der Waals surface area (Å²) in [6.07, 6.45) is 5.16. The minimum atomic E-state index is -0.617. The molecule has 0 radical (unpaired) electrons. The van der Waals surface area contributed by atoms with Gasteiger partial charge < -0.3 is 19.5 Å². The molecule has 36 heavy (non-hydrogen) atoms. The number of imidazole rings is 1. The van der Waals surface area contributed by atoms with Crippen LogP contribution < -0.4 is 15.0 Å². The van der Waals surface area contributed by atoms with E-state index < -0.39 is 5.82 Å². The number of aryl methyl sites for hydroxylation is 1. The molecular weight excluding hydrogens is 463 g/mol. The van der Waals surface area contributed by atoms with Gasteiger partial charge in [0, 0.05) is 19.0 Å². The second-order valence-electron chi connectivity index (χ2n) is 8.93. The predicted octanol–water partition coefficient (Wildman–Crippen LogP) is 4.58. The minimum absolute atomic E-state index is 0.0254. The lowest BCUT2D eigenvalue weighted by Gasteiger charge is -2.26. The second-order valence-corrected chi connectivity index (χ2v) is 8.93. The molecule has 186 valence electrons. The highest BCUT2D eigenvalue weighted by molar-refractivity contribution is 5.93. The number of carbonyl (C=O) groups excluding carboxylic acids is 1. The van der Waals surface area contributed by atoms with E-state index in [1.54, 1.807) is 23.2 Å². The van der Waals surface area contributed by atoms with Crippen molar-refractivity contribution < 1.29 is 13.9 Å². The predicted molar refractivity (Wildman–Crippen MR) is 134 cm³/mol. The number of hydrogen-bond donors (Lipinski definition) is 1. The van der Waals surface area contributed by atoms with Gasteiger partial charge in [-0.25, -0.2) is 29.3 Å². The third-order valence-corrected chi connectivity index (χ3v) is 6.14. The molecule has 1 fully saturated rings. The zero-order valence-corrected chi connectivity index (χ0v) is 20.6. The lowest BCUT2D eigenvalue weighted by molar-refractivity contribution is -0.119. The molecule has 0 atom stereocenters. The number of halogens is 1. The Morgan fingerprint density at radius 2 is 1.94 bits per heavy atom. The number of aromatic nitrogens is 6. The molecule has 0 saturated carbocycles. The summed E-state index contributed by atoms with van der Waals surface area (Å²) in [7, 11) is 1.51. The number of rotatable bonds is 6. The van der Waals surface area contributed by atoms with Crippen LogP contribution in [0, 0.1) is 12.7 Å². The van der Waals surface area contributed by atoms with Gasteiger partial charge in [-0.3, -0.25) is 4.79 Å². The first kappa shape index (κ1) is 23.6. The first-order valence-electron chi connectivity index (χ1n) is 11.9. The van der Waals surface area contributed by atoms with Crippen LogP contribution >= 0.6 is 0 Å². The number of methoxy groups -OCH3 is 1. The van der Waals surface area contributed by atoms with Crippen LogP contribution in [0.2, 0.25) is 0 Å². The lowest BCUT2D eigenvalue weighted by atomic mass is 10.1. The van der Waals surface area contributed by atoms with Crippen LogP contribution in [-0.4, -0.2) is 49.0 Å². The van der Waals surface area contributed by atoms with E-state index in [2.05, 4.69) is 30.2 Å². The highest BCUT2D eigenvalue weighted by Gasteiger charge is 2.21. The van der Waals surface area contributed by atoms with E-state index in [9.17, 15) is 9.18 Å². The first-order valence-corrected chi connectivity index (χ1v) is 11.9. The number of ether oxygens (including phenoxy) is 1. The van der Waals surface area contributed by atoms with Crippen molar-refractivity contribution in [2.75, 3.05) is 23.9 Å². The van der Waals surface area contributed by atoms with Crippen LogP contribution in [0.3, 0.4) is 0 Å². The lowest BCUT2D eigenvalue weighted by Crippen LogP contribution is -2.35. The summed E-state index contributed by atoms with van der Waals surface area (Å²) < 4.78 is 22.4. The molecule has 0 spiro atoms. The summed E-state index contributed by atoms with van der Waals surface area (Å²) in [5, 5.41) is 3.00. The molecule has 11 heteroatoms. The Balaban J connectivity index is 1.47. The second kappa shape index (κ2) is 9.48. The zero-order valence-electron chi connectivity index (χ0n) is 20.6. The average Bonchev–Trinajstić information content (AvgIpc) is 3.21. The fourth-order valence-corrected chi connectivity index (χ4v) is 4.52. The van der Waals surface area contributed by atoms with Gasteiger partial charge in [0.15, 0.2) is 11.3 Å². The topological polar surface area (TPSA) is 111 Å². The Kier molecular flexibility index (Phi) is 6.21. The number of amides is 1. The Morgan fingerprint density at radius 3 is 2.64 bits per heavy atom. The summed E-state index contributed by atoms with van der Waals surface area (Å²) in [6.45, 7) is 6.69. The molecule has 0 aromatic carbocycles. The Morgan fingerprint density at radius 1 is 1.11 bits per heavy atom. The van der Waals surface area contributed by atoms with Crippen molar-refractivity contribution in [3.8, 4) is 17.3 Å². The fourth-order valence-electron chi connectivity index (χ4n) is 4.52. The molecule has 1 aliphatic rings. The number of piperidine rings is 1. The molecule has 5 heterocycles. The highest BCUT2D eigenvalue weighted by Crippen LogP contribution is 2.32. The maximum Gasteiger partial charge on any atom is 0.242 e. The summed E-state index contributed by atoms with van der Waals surface area (Å²) in [5.41, 5.74) is 2.46. The summed E-state index contributed by atoms with van der Waals surface area (Å²) in [5.74, 6) is 1.22. The number of nitrogens with zero attached hydrogens (tertiary/aromatic N) is 7. The van der Waals surface area contributed by atoms with Crippen molar-refractivity contribution in [2.24, 2.45) is 0 Å². The molecule has 1 aliphatic heterocycles. The highest BCUT2D eigenvalue weighted by atomic mass is 19.1. The van der Waals surface area contributed by atoms with Crippen LogP contribution in [-0.2, 0) is 4.79 Å². The number of nitrogens with one attached hydrogen (secondary N) is 1. The SMILES string of the molecule is COc1nc(-c2nc(Nc3ccc(N4CCCCC4=O)cn3)ncc2F)cc2c1nc(C)n2C(C)C. The minimum Gasteiger partial charge on any atom is -0.479 e. The average molecular weight is 491 g/mol. The molecule has 0 bridgehead atoms. The van der Waals surface area contributed by atoms with Gasteiger partial charge in [-0.2, -0.15) is 0 Å². The Hall–Kier alpha value is -4.15. The Bertz CT molecular complexity index is 1430. The van der Waals surface area contributed by atoms with E-state index in [0.717, 1.165) is 36.1 Å². The van der Waals surface area contributed by atoms with Crippen LogP contribution in [0.5, 0.6) is 5.88 Å². The summed E-state index contributed by atoms with van der Waals surface area (Å²) in [6, 6.07) is 5.45. The van der Waals surface area contributed by atoms with Crippen molar-refractivity contribution >= 4 is 34.4 Å². The molecule has 0 aliphatic carbocycles. The maximum atomic E-state index is 14.9. The molecule has 0 unspecified atom stereocenters. The van der Waals surface area contributed by atoms with Crippen molar-refractivity contribution in [2.45, 2.75) is 46.1 Å². The molecule has 1 N–H and O–H groups in total. The smallest absolute Gasteiger partial charge is 0.242 e. The number of fused-ring (bicyclic) bond motifs is 1. The normalized spacial score (nSPS) is 14.1. The van der Waals surface area contributed by atoms with E-state index in [0.29, 0.717) is 35.9 Å². The van der Waals surface area contributed by atoms with Crippen molar-refractivity contribution in [3.05, 3.63) is 42.2 Å². The van der Waals surface area contributed by atoms with E-state index in [1.165, 1.54) is 7.11 Å². The summed E-state index contributed by atoms with van der Waals surface area (Å²) in [4.78, 5) is 35.8. The van der Waals surface area contributed by atoms with Crippen molar-refractivity contribution in [1.29, 1.82) is 0 Å². The van der Waals surface area contributed by atoms with Gasteiger partial charge in [0.1, 0.15) is 17.3 Å². The number of carbonyl (C=O) groups is 1. The molecule has 5 rings (SSSR count). The van der Waals surface area contributed by atoms with Crippen LogP contribution in [0.4, 0.5) is 21.8 Å². The van der Waals surface area contributed by atoms with Crippen molar-refractivity contribution in [1.82, 2.24) is 29.5 Å². The Labute approximate surface area is 207 Å². The maximum absolute atomic E-state index is 14.9. The van der Waals surface area contributed by atoms with Gasteiger partial charge >= 0.3 is 0 Å². The van der Waals surface area contributed by atoms with Crippen LogP contribution in [0.25, 0.3) is 22.4 Å². The zero-order chi connectivity index (χ0) is 25.4. The monoisotopic (exact) mass is 490 g/mol. The number of anilines is 3.